The molecule has 0 aliphatic heterocycles. The lowest BCUT2D eigenvalue weighted by Gasteiger charge is -2.11. The molecule has 7 nitrogen and oxygen atoms in total. The second-order valence-corrected chi connectivity index (χ2v) is 9.89. The van der Waals surface area contributed by atoms with Gasteiger partial charge in [0, 0.05) is 11.9 Å². The molecule has 2 aromatic heterocycles. The second-order valence-electron chi connectivity index (χ2n) is 6.97. The third-order valence-corrected chi connectivity index (χ3v) is 6.74. The van der Waals surface area contributed by atoms with E-state index in [1.54, 1.807) is 47.9 Å². The van der Waals surface area contributed by atoms with E-state index < -0.39 is 10.0 Å². The standard InChI is InChI=1S/C22H21N5O2S2/c1-15-21(30-16(2)24-15)20-11-12-23-22(26-20)25-18-9-6-10-19(13-18)27-31(28,29)14-17-7-4-3-5-8-17/h3-13,27H,14H2,1-2H3,(H,23,25,26). The zero-order valence-corrected chi connectivity index (χ0v) is 18.7. The number of hydrogen-bond donors (Lipinski definition) is 2. The average molecular weight is 452 g/mol. The smallest absolute Gasteiger partial charge is 0.236 e. The molecule has 0 fully saturated rings. The van der Waals surface area contributed by atoms with Crippen LogP contribution in [0.5, 0.6) is 0 Å². The maximum atomic E-state index is 12.5. The third-order valence-electron chi connectivity index (χ3n) is 4.38. The Labute approximate surface area is 185 Å². The monoisotopic (exact) mass is 451 g/mol. The molecular formula is C22H21N5O2S2. The molecule has 0 unspecified atom stereocenters. The molecule has 158 valence electrons. The van der Waals surface area contributed by atoms with Crippen LogP contribution in [0, 0.1) is 13.8 Å². The van der Waals surface area contributed by atoms with Gasteiger partial charge in [-0.3, -0.25) is 4.72 Å². The van der Waals surface area contributed by atoms with E-state index in [1.807, 2.05) is 44.2 Å². The van der Waals surface area contributed by atoms with E-state index in [1.165, 1.54) is 0 Å². The van der Waals surface area contributed by atoms with Crippen LogP contribution in [-0.4, -0.2) is 23.4 Å². The minimum atomic E-state index is -3.54. The van der Waals surface area contributed by atoms with Gasteiger partial charge in [-0.05, 0) is 43.7 Å². The lowest BCUT2D eigenvalue weighted by atomic mass is 10.2. The van der Waals surface area contributed by atoms with Crippen LogP contribution in [-0.2, 0) is 15.8 Å². The van der Waals surface area contributed by atoms with E-state index in [9.17, 15) is 8.42 Å². The van der Waals surface area contributed by atoms with Gasteiger partial charge in [0.15, 0.2) is 0 Å². The van der Waals surface area contributed by atoms with Crippen LogP contribution in [0.4, 0.5) is 17.3 Å². The van der Waals surface area contributed by atoms with Gasteiger partial charge in [-0.15, -0.1) is 11.3 Å². The Morgan fingerprint density at radius 3 is 2.45 bits per heavy atom. The summed E-state index contributed by atoms with van der Waals surface area (Å²) >= 11 is 1.59. The number of nitrogens with one attached hydrogen (secondary N) is 2. The fourth-order valence-electron chi connectivity index (χ4n) is 3.11. The predicted molar refractivity (Wildman–Crippen MR) is 125 cm³/mol. The summed E-state index contributed by atoms with van der Waals surface area (Å²) < 4.78 is 27.7. The normalized spacial score (nSPS) is 11.3. The van der Waals surface area contributed by atoms with Crippen LogP contribution >= 0.6 is 11.3 Å². The largest absolute Gasteiger partial charge is 0.324 e. The number of aryl methyl sites for hydroxylation is 2. The van der Waals surface area contributed by atoms with Crippen LogP contribution in [0.1, 0.15) is 16.3 Å². The van der Waals surface area contributed by atoms with Gasteiger partial charge < -0.3 is 5.32 Å². The maximum absolute atomic E-state index is 12.5. The molecule has 0 bridgehead atoms. The molecule has 4 aromatic rings. The van der Waals surface area contributed by atoms with E-state index >= 15 is 0 Å². The van der Waals surface area contributed by atoms with Crippen molar-refractivity contribution in [2.45, 2.75) is 19.6 Å². The van der Waals surface area contributed by atoms with Crippen LogP contribution in [0.25, 0.3) is 10.6 Å². The highest BCUT2D eigenvalue weighted by Gasteiger charge is 2.13. The SMILES string of the molecule is Cc1nc(C)c(-c2ccnc(Nc3cccc(NS(=O)(=O)Cc4ccccc4)c3)n2)s1. The molecule has 0 radical (unpaired) electrons. The van der Waals surface area contributed by atoms with E-state index in [0.717, 1.165) is 26.8 Å². The summed E-state index contributed by atoms with van der Waals surface area (Å²) in [5.41, 5.74) is 3.59. The molecule has 0 saturated heterocycles. The Balaban J connectivity index is 1.50. The number of aromatic nitrogens is 3. The van der Waals surface area contributed by atoms with Crippen molar-refractivity contribution in [1.29, 1.82) is 0 Å². The van der Waals surface area contributed by atoms with Gasteiger partial charge >= 0.3 is 0 Å². The summed E-state index contributed by atoms with van der Waals surface area (Å²) in [7, 11) is -3.54. The van der Waals surface area contributed by atoms with Gasteiger partial charge in [-0.2, -0.15) is 0 Å². The second kappa shape index (κ2) is 8.83. The molecule has 2 N–H and O–H groups in total. The van der Waals surface area contributed by atoms with Crippen molar-refractivity contribution in [1.82, 2.24) is 15.0 Å². The molecule has 4 rings (SSSR count). The number of hydrogen-bond acceptors (Lipinski definition) is 7. The molecule has 0 atom stereocenters. The van der Waals surface area contributed by atoms with Gasteiger partial charge in [-0.25, -0.2) is 23.4 Å². The quantitative estimate of drug-likeness (QED) is 0.415. The van der Waals surface area contributed by atoms with Gasteiger partial charge in [0.1, 0.15) is 0 Å². The minimum Gasteiger partial charge on any atom is -0.324 e. The van der Waals surface area contributed by atoms with Crippen LogP contribution in [0.2, 0.25) is 0 Å². The predicted octanol–water partition coefficient (Wildman–Crippen LogP) is 4.90. The van der Waals surface area contributed by atoms with Crippen LogP contribution in [0.15, 0.2) is 66.9 Å². The first-order valence-electron chi connectivity index (χ1n) is 9.57. The zero-order chi connectivity index (χ0) is 21.8. The highest BCUT2D eigenvalue weighted by molar-refractivity contribution is 7.91. The van der Waals surface area contributed by atoms with Gasteiger partial charge in [-0.1, -0.05) is 36.4 Å². The Hall–Kier alpha value is -3.30. The molecule has 31 heavy (non-hydrogen) atoms. The Morgan fingerprint density at radius 2 is 1.71 bits per heavy atom. The van der Waals surface area contributed by atoms with Crippen molar-refractivity contribution in [2.24, 2.45) is 0 Å². The summed E-state index contributed by atoms with van der Waals surface area (Å²) in [5.74, 6) is 0.330. The fourth-order valence-corrected chi connectivity index (χ4v) is 5.19. The summed E-state index contributed by atoms with van der Waals surface area (Å²) in [6.45, 7) is 3.92. The highest BCUT2D eigenvalue weighted by Crippen LogP contribution is 2.29. The molecule has 0 amide bonds. The summed E-state index contributed by atoms with van der Waals surface area (Å²) in [6.07, 6.45) is 1.69. The number of rotatable bonds is 7. The number of anilines is 3. The van der Waals surface area contributed by atoms with Crippen molar-refractivity contribution >= 4 is 38.7 Å². The molecule has 0 saturated carbocycles. The molecular weight excluding hydrogens is 430 g/mol. The molecule has 2 aromatic carbocycles. The third kappa shape index (κ3) is 5.44. The van der Waals surface area contributed by atoms with Crippen molar-refractivity contribution in [3.05, 3.63) is 83.1 Å². The zero-order valence-electron chi connectivity index (χ0n) is 17.0. The van der Waals surface area contributed by atoms with Crippen molar-refractivity contribution < 1.29 is 8.42 Å². The highest BCUT2D eigenvalue weighted by atomic mass is 32.2. The van der Waals surface area contributed by atoms with Gasteiger partial charge in [0.25, 0.3) is 0 Å². The Bertz CT molecular complexity index is 1300. The maximum Gasteiger partial charge on any atom is 0.236 e. The van der Waals surface area contributed by atoms with Crippen LogP contribution in [0.3, 0.4) is 0 Å². The van der Waals surface area contributed by atoms with Crippen molar-refractivity contribution in [3.8, 4) is 10.6 Å². The first kappa shape index (κ1) is 21.0. The molecule has 9 heteroatoms. The number of sulfonamides is 1. The number of nitrogens with zero attached hydrogens (tertiary/aromatic N) is 3. The topological polar surface area (TPSA) is 96.9 Å². The van der Waals surface area contributed by atoms with E-state index in [2.05, 4.69) is 25.0 Å². The van der Waals surface area contributed by atoms with Gasteiger partial charge in [0.2, 0.25) is 16.0 Å². The fraction of sp³-hybridized carbons (Fsp3) is 0.136. The van der Waals surface area contributed by atoms with Crippen molar-refractivity contribution in [3.63, 3.8) is 0 Å². The molecule has 0 aliphatic carbocycles. The van der Waals surface area contributed by atoms with E-state index in [4.69, 9.17) is 0 Å². The molecule has 0 aliphatic rings. The van der Waals surface area contributed by atoms with Gasteiger partial charge in [0.05, 0.1) is 32.7 Å². The first-order chi connectivity index (χ1) is 14.9. The lowest BCUT2D eigenvalue weighted by Crippen LogP contribution is -2.15. The summed E-state index contributed by atoms with van der Waals surface area (Å²) in [6, 6.07) is 17.9. The summed E-state index contributed by atoms with van der Waals surface area (Å²) in [5, 5.41) is 4.13. The summed E-state index contributed by atoms with van der Waals surface area (Å²) in [4.78, 5) is 14.3. The molecule has 2 heterocycles. The average Bonchev–Trinajstić information content (AvgIpc) is 3.06. The minimum absolute atomic E-state index is 0.0930. The van der Waals surface area contributed by atoms with E-state index in [-0.39, 0.29) is 5.75 Å². The first-order valence-corrected chi connectivity index (χ1v) is 12.0. The number of thiazole rings is 1. The lowest BCUT2D eigenvalue weighted by molar-refractivity contribution is 0.600. The molecule has 0 spiro atoms. The Kier molecular flexibility index (Phi) is 5.97. The Morgan fingerprint density at radius 1 is 0.935 bits per heavy atom. The van der Waals surface area contributed by atoms with E-state index in [0.29, 0.717) is 17.3 Å². The number of benzene rings is 2. The van der Waals surface area contributed by atoms with Crippen molar-refractivity contribution in [2.75, 3.05) is 10.0 Å². The van der Waals surface area contributed by atoms with Crippen LogP contribution < -0.4 is 10.0 Å².